The van der Waals surface area contributed by atoms with Crippen molar-refractivity contribution in [3.05, 3.63) is 77.4 Å². The van der Waals surface area contributed by atoms with Crippen molar-refractivity contribution in [1.82, 2.24) is 9.80 Å². The number of nitrogens with zero attached hydrogens (tertiary/aromatic N) is 3. The second kappa shape index (κ2) is 10.2. The minimum Gasteiger partial charge on any atom is -0.507 e. The molecule has 0 bridgehead atoms. The number of rotatable bonds is 9. The van der Waals surface area contributed by atoms with Crippen LogP contribution in [0.4, 0.5) is 5.69 Å². The maximum Gasteiger partial charge on any atom is 0.296 e. The van der Waals surface area contributed by atoms with Crippen LogP contribution in [0.25, 0.3) is 5.76 Å². The Bertz CT molecular complexity index is 1300. The third-order valence-corrected chi connectivity index (χ3v) is 6.92. The molecule has 8 nitrogen and oxygen atoms in total. The van der Waals surface area contributed by atoms with Gasteiger partial charge < -0.3 is 24.5 Å². The molecule has 0 aliphatic carbocycles. The van der Waals surface area contributed by atoms with Crippen molar-refractivity contribution in [1.29, 1.82) is 0 Å². The van der Waals surface area contributed by atoms with Crippen molar-refractivity contribution in [3.63, 3.8) is 0 Å². The third-order valence-electron chi connectivity index (χ3n) is 6.92. The normalized spacial score (nSPS) is 20.3. The van der Waals surface area contributed by atoms with Gasteiger partial charge in [-0.25, -0.2) is 0 Å². The molecule has 4 rings (SSSR count). The van der Waals surface area contributed by atoms with Crippen LogP contribution in [0.3, 0.4) is 0 Å². The van der Waals surface area contributed by atoms with Gasteiger partial charge in [-0.3, -0.25) is 14.4 Å². The number of hydrogen-bond acceptors (Lipinski definition) is 6. The van der Waals surface area contributed by atoms with E-state index in [0.29, 0.717) is 48.7 Å². The number of para-hydroxylation sites is 1. The highest BCUT2D eigenvalue weighted by molar-refractivity contribution is 6.50. The van der Waals surface area contributed by atoms with Crippen LogP contribution < -0.4 is 9.64 Å². The van der Waals surface area contributed by atoms with Gasteiger partial charge in [0.05, 0.1) is 11.3 Å². The van der Waals surface area contributed by atoms with Crippen LogP contribution in [0.5, 0.6) is 5.75 Å². The van der Waals surface area contributed by atoms with Gasteiger partial charge in [-0.05, 0) is 70.7 Å². The van der Waals surface area contributed by atoms with Crippen molar-refractivity contribution >= 4 is 29.0 Å². The number of aryl methyl sites for hydroxylation is 1. The molecule has 0 saturated carbocycles. The number of Topliss-reactive ketones (excluding diaryl/α,β-unsaturated/α-hetero) is 1. The van der Waals surface area contributed by atoms with Crippen LogP contribution in [0.2, 0.25) is 0 Å². The molecule has 2 amide bonds. The molecule has 1 N–H and O–H groups in total. The van der Waals surface area contributed by atoms with Gasteiger partial charge in [-0.15, -0.1) is 0 Å². The predicted octanol–water partition coefficient (Wildman–Crippen LogP) is 3.45. The highest BCUT2D eigenvalue weighted by Gasteiger charge is 2.66. The summed E-state index contributed by atoms with van der Waals surface area (Å²) in [7, 11) is 3.84. The fraction of sp³-hybridized carbons (Fsp3) is 0.345. The molecule has 2 aromatic rings. The van der Waals surface area contributed by atoms with Crippen LogP contribution in [0.15, 0.2) is 60.7 Å². The summed E-state index contributed by atoms with van der Waals surface area (Å²) in [5, 5.41) is 11.6. The van der Waals surface area contributed by atoms with Gasteiger partial charge in [0.15, 0.2) is 5.54 Å². The number of amides is 2. The van der Waals surface area contributed by atoms with Crippen LogP contribution >= 0.6 is 0 Å². The Hall–Kier alpha value is -3.91. The minimum atomic E-state index is -1.73. The van der Waals surface area contributed by atoms with Gasteiger partial charge in [-0.1, -0.05) is 30.9 Å². The third kappa shape index (κ3) is 4.11. The number of carbonyl (C=O) groups excluding carboxylic acids is 3. The quantitative estimate of drug-likeness (QED) is 0.244. The summed E-state index contributed by atoms with van der Waals surface area (Å²) < 4.78 is 5.64. The molecule has 2 aromatic carbocycles. The molecular formula is C29H33N3O5. The first-order valence-corrected chi connectivity index (χ1v) is 12.4. The molecular weight excluding hydrogens is 470 g/mol. The number of hydrogen-bond donors (Lipinski definition) is 1. The molecule has 0 unspecified atom stereocenters. The smallest absolute Gasteiger partial charge is 0.296 e. The molecule has 2 aliphatic heterocycles. The largest absolute Gasteiger partial charge is 0.507 e. The number of ketones is 1. The summed E-state index contributed by atoms with van der Waals surface area (Å²) in [6.45, 7) is 8.84. The zero-order valence-corrected chi connectivity index (χ0v) is 21.8. The van der Waals surface area contributed by atoms with E-state index >= 15 is 0 Å². The lowest BCUT2D eigenvalue weighted by molar-refractivity contribution is -0.143. The zero-order chi connectivity index (χ0) is 26.9. The Morgan fingerprint density at radius 3 is 2.54 bits per heavy atom. The van der Waals surface area contributed by atoms with E-state index < -0.39 is 23.1 Å². The highest BCUT2D eigenvalue weighted by atomic mass is 16.5. The first kappa shape index (κ1) is 26.2. The second-order valence-electron chi connectivity index (χ2n) is 9.52. The number of benzene rings is 2. The maximum absolute atomic E-state index is 14.2. The molecule has 2 heterocycles. The molecule has 1 atom stereocenters. The molecule has 37 heavy (non-hydrogen) atoms. The van der Waals surface area contributed by atoms with Gasteiger partial charge >= 0.3 is 0 Å². The van der Waals surface area contributed by atoms with E-state index in [9.17, 15) is 19.5 Å². The van der Waals surface area contributed by atoms with Gasteiger partial charge in [0, 0.05) is 24.2 Å². The SMILES string of the molecule is C=CCOc1ccc(C(O)=C2C(=O)C(=O)N(CCCN(C)C)[C@]23C(=O)N(CC)c2ccccc23)cc1C. The Morgan fingerprint density at radius 2 is 1.89 bits per heavy atom. The molecule has 1 spiro atoms. The molecule has 2 aliphatic rings. The fourth-order valence-corrected chi connectivity index (χ4v) is 5.28. The first-order valence-electron chi connectivity index (χ1n) is 12.4. The van der Waals surface area contributed by atoms with E-state index in [0.717, 1.165) is 5.56 Å². The Labute approximate surface area is 217 Å². The number of fused-ring (bicyclic) bond motifs is 2. The lowest BCUT2D eigenvalue weighted by Gasteiger charge is -2.34. The Kier molecular flexibility index (Phi) is 7.23. The number of aliphatic hydroxyl groups is 1. The van der Waals surface area contributed by atoms with Crippen molar-refractivity contribution in [3.8, 4) is 5.75 Å². The molecule has 1 saturated heterocycles. The molecule has 0 aromatic heterocycles. The van der Waals surface area contributed by atoms with Crippen LogP contribution in [0.1, 0.15) is 30.0 Å². The number of aliphatic hydroxyl groups excluding tert-OH is 1. The van der Waals surface area contributed by atoms with Gasteiger partial charge in [-0.2, -0.15) is 0 Å². The van der Waals surface area contributed by atoms with E-state index in [1.165, 1.54) is 4.90 Å². The van der Waals surface area contributed by atoms with Crippen molar-refractivity contribution < 1.29 is 24.2 Å². The molecule has 194 valence electrons. The van der Waals surface area contributed by atoms with Gasteiger partial charge in [0.25, 0.3) is 17.6 Å². The molecule has 8 heteroatoms. The predicted molar refractivity (Wildman–Crippen MR) is 142 cm³/mol. The summed E-state index contributed by atoms with van der Waals surface area (Å²) in [5.41, 5.74) is 0.279. The minimum absolute atomic E-state index is 0.185. The number of likely N-dealkylation sites (tertiary alicyclic amines) is 1. The Morgan fingerprint density at radius 1 is 1.16 bits per heavy atom. The zero-order valence-electron chi connectivity index (χ0n) is 21.8. The maximum atomic E-state index is 14.2. The lowest BCUT2D eigenvalue weighted by Crippen LogP contribution is -2.52. The van der Waals surface area contributed by atoms with Gasteiger partial charge in [0.2, 0.25) is 0 Å². The standard InChI is InChI=1S/C29H33N3O5/c1-6-17-37-23-14-13-20(18-19(23)3)25(33)24-26(34)27(35)32(16-10-15-30(4)5)29(24)21-11-8-9-12-22(21)31(7-2)28(29)36/h6,8-9,11-14,18,33H,1,7,10,15-17H2,2-5H3/t29-/m0/s1. The highest BCUT2D eigenvalue weighted by Crippen LogP contribution is 2.53. The molecule has 1 fully saturated rings. The van der Waals surface area contributed by atoms with E-state index in [4.69, 9.17) is 4.74 Å². The van der Waals surface area contributed by atoms with Gasteiger partial charge in [0.1, 0.15) is 18.1 Å². The fourth-order valence-electron chi connectivity index (χ4n) is 5.28. The summed E-state index contributed by atoms with van der Waals surface area (Å²) in [4.78, 5) is 46.2. The number of ether oxygens (including phenoxy) is 1. The number of carbonyl (C=O) groups is 3. The van der Waals surface area contributed by atoms with E-state index in [2.05, 4.69) is 6.58 Å². The van der Waals surface area contributed by atoms with E-state index in [1.54, 1.807) is 47.4 Å². The van der Waals surface area contributed by atoms with Crippen LogP contribution in [-0.4, -0.2) is 72.8 Å². The van der Waals surface area contributed by atoms with E-state index in [-0.39, 0.29) is 17.9 Å². The summed E-state index contributed by atoms with van der Waals surface area (Å²) in [6, 6.07) is 12.2. The summed E-state index contributed by atoms with van der Waals surface area (Å²) >= 11 is 0. The monoisotopic (exact) mass is 503 g/mol. The van der Waals surface area contributed by atoms with Crippen LogP contribution in [-0.2, 0) is 19.9 Å². The van der Waals surface area contributed by atoms with Crippen molar-refractivity contribution in [2.75, 3.05) is 45.2 Å². The molecule has 0 radical (unpaired) electrons. The lowest BCUT2D eigenvalue weighted by atomic mass is 9.81. The number of anilines is 1. The summed E-state index contributed by atoms with van der Waals surface area (Å²) in [6.07, 6.45) is 2.19. The van der Waals surface area contributed by atoms with Crippen LogP contribution in [0, 0.1) is 6.92 Å². The topological polar surface area (TPSA) is 90.4 Å². The second-order valence-corrected chi connectivity index (χ2v) is 9.52. The summed E-state index contributed by atoms with van der Waals surface area (Å²) in [5.74, 6) is -1.84. The first-order chi connectivity index (χ1) is 17.7. The van der Waals surface area contributed by atoms with E-state index in [1.807, 2.05) is 38.9 Å². The van der Waals surface area contributed by atoms with Crippen molar-refractivity contribution in [2.24, 2.45) is 0 Å². The number of likely N-dealkylation sites (N-methyl/N-ethyl adjacent to an activating group) is 1. The average molecular weight is 504 g/mol. The average Bonchev–Trinajstić information content (AvgIpc) is 3.25. The Balaban J connectivity index is 1.95. The van der Waals surface area contributed by atoms with Crippen molar-refractivity contribution in [2.45, 2.75) is 25.8 Å².